The average molecular weight is 417 g/mol. The van der Waals surface area contributed by atoms with Crippen molar-refractivity contribution in [3.05, 3.63) is 90.5 Å². The summed E-state index contributed by atoms with van der Waals surface area (Å²) in [5, 5.41) is 9.56. The molecule has 1 amide bonds. The van der Waals surface area contributed by atoms with Crippen LogP contribution < -0.4 is 4.74 Å². The molecular weight excluding hydrogens is 394 g/mol. The standard InChI is InChI=1S/C25H23NO5/c27-24(28)23-15-22(16-26(23)25(29)30-17-18-7-3-1-4-8-18)31-21-13-11-20(12-14-21)19-9-5-2-6-10-19/h1-14,22-23H,15-17H2,(H,27,28)/t22-,23-/m0/s1. The van der Waals surface area contributed by atoms with Crippen LogP contribution in [0.4, 0.5) is 4.79 Å². The Kier molecular flexibility index (Phi) is 6.17. The lowest BCUT2D eigenvalue weighted by Gasteiger charge is -2.20. The van der Waals surface area contributed by atoms with Gasteiger partial charge in [0.1, 0.15) is 24.5 Å². The predicted octanol–water partition coefficient (Wildman–Crippen LogP) is 4.60. The van der Waals surface area contributed by atoms with E-state index in [0.717, 1.165) is 16.7 Å². The lowest BCUT2D eigenvalue weighted by atomic mass is 10.1. The molecule has 1 saturated heterocycles. The van der Waals surface area contributed by atoms with Crippen LogP contribution in [-0.2, 0) is 16.1 Å². The van der Waals surface area contributed by atoms with Crippen LogP contribution in [0, 0.1) is 0 Å². The van der Waals surface area contributed by atoms with E-state index in [0.29, 0.717) is 5.75 Å². The molecule has 6 heteroatoms. The number of nitrogens with zero attached hydrogens (tertiary/aromatic N) is 1. The molecule has 2 atom stereocenters. The third-order valence-corrected chi connectivity index (χ3v) is 5.25. The average Bonchev–Trinajstić information content (AvgIpc) is 3.23. The Bertz CT molecular complexity index is 1020. The highest BCUT2D eigenvalue weighted by Gasteiger charge is 2.41. The Morgan fingerprint density at radius 1 is 0.871 bits per heavy atom. The minimum absolute atomic E-state index is 0.0922. The predicted molar refractivity (Wildman–Crippen MR) is 116 cm³/mol. The molecule has 1 aliphatic heterocycles. The van der Waals surface area contributed by atoms with Gasteiger partial charge in [-0.05, 0) is 28.8 Å². The van der Waals surface area contributed by atoms with Gasteiger partial charge < -0.3 is 14.6 Å². The fourth-order valence-corrected chi connectivity index (χ4v) is 3.67. The number of carbonyl (C=O) groups is 2. The van der Waals surface area contributed by atoms with Gasteiger partial charge in [0.25, 0.3) is 0 Å². The molecule has 3 aromatic carbocycles. The summed E-state index contributed by atoms with van der Waals surface area (Å²) in [4.78, 5) is 25.4. The Hall–Kier alpha value is -3.80. The summed E-state index contributed by atoms with van der Waals surface area (Å²) < 4.78 is 11.3. The first-order valence-electron chi connectivity index (χ1n) is 10.1. The molecule has 1 fully saturated rings. The number of benzene rings is 3. The number of carboxylic acids is 1. The minimum Gasteiger partial charge on any atom is -0.488 e. The highest BCUT2D eigenvalue weighted by atomic mass is 16.6. The van der Waals surface area contributed by atoms with Crippen LogP contribution in [0.15, 0.2) is 84.9 Å². The molecule has 0 aliphatic carbocycles. The van der Waals surface area contributed by atoms with Gasteiger partial charge in [0, 0.05) is 6.42 Å². The molecule has 31 heavy (non-hydrogen) atoms. The molecule has 1 aliphatic rings. The lowest BCUT2D eigenvalue weighted by Crippen LogP contribution is -2.40. The van der Waals surface area contributed by atoms with Crippen molar-refractivity contribution in [2.24, 2.45) is 0 Å². The number of likely N-dealkylation sites (tertiary alicyclic amines) is 1. The van der Waals surface area contributed by atoms with Crippen molar-refractivity contribution in [3.63, 3.8) is 0 Å². The summed E-state index contributed by atoms with van der Waals surface area (Å²) in [5.41, 5.74) is 3.01. The van der Waals surface area contributed by atoms with E-state index in [-0.39, 0.29) is 19.6 Å². The van der Waals surface area contributed by atoms with E-state index in [9.17, 15) is 14.7 Å². The van der Waals surface area contributed by atoms with Crippen LogP contribution in [-0.4, -0.2) is 40.8 Å². The maximum atomic E-state index is 12.5. The molecule has 4 rings (SSSR count). The SMILES string of the molecule is O=C(O)[C@@H]1C[C@H](Oc2ccc(-c3ccccc3)cc2)CN1C(=O)OCc1ccccc1. The molecule has 158 valence electrons. The third-order valence-electron chi connectivity index (χ3n) is 5.25. The lowest BCUT2D eigenvalue weighted by molar-refractivity contribution is -0.141. The zero-order valence-electron chi connectivity index (χ0n) is 16.9. The van der Waals surface area contributed by atoms with E-state index in [4.69, 9.17) is 9.47 Å². The third kappa shape index (κ3) is 5.04. The normalized spacial score (nSPS) is 17.9. The summed E-state index contributed by atoms with van der Waals surface area (Å²) in [6, 6.07) is 25.9. The second kappa shape index (κ2) is 9.34. The molecular formula is C25H23NO5. The van der Waals surface area contributed by atoms with Crippen molar-refractivity contribution in [2.45, 2.75) is 25.2 Å². The molecule has 3 aromatic rings. The molecule has 0 radical (unpaired) electrons. The number of carboxylic acid groups (broad SMARTS) is 1. The summed E-state index contributed by atoms with van der Waals surface area (Å²) in [6.07, 6.45) is -0.870. The zero-order valence-corrected chi connectivity index (χ0v) is 16.9. The highest BCUT2D eigenvalue weighted by molar-refractivity contribution is 5.81. The van der Waals surface area contributed by atoms with Gasteiger partial charge in [-0.1, -0.05) is 72.8 Å². The number of amides is 1. The second-order valence-electron chi connectivity index (χ2n) is 7.41. The highest BCUT2D eigenvalue weighted by Crippen LogP contribution is 2.27. The van der Waals surface area contributed by atoms with Gasteiger partial charge >= 0.3 is 12.1 Å². The van der Waals surface area contributed by atoms with Gasteiger partial charge in [-0.25, -0.2) is 9.59 Å². The fourth-order valence-electron chi connectivity index (χ4n) is 3.67. The van der Waals surface area contributed by atoms with E-state index in [2.05, 4.69) is 0 Å². The quantitative estimate of drug-likeness (QED) is 0.635. The van der Waals surface area contributed by atoms with Gasteiger partial charge in [-0.15, -0.1) is 0 Å². The Morgan fingerprint density at radius 3 is 2.13 bits per heavy atom. The van der Waals surface area contributed by atoms with Crippen molar-refractivity contribution in [1.29, 1.82) is 0 Å². The zero-order chi connectivity index (χ0) is 21.6. The number of ether oxygens (including phenoxy) is 2. The largest absolute Gasteiger partial charge is 0.488 e. The van der Waals surface area contributed by atoms with Crippen molar-refractivity contribution in [1.82, 2.24) is 4.90 Å². The number of hydrogen-bond donors (Lipinski definition) is 1. The first-order chi connectivity index (χ1) is 15.1. The molecule has 0 spiro atoms. The van der Waals surface area contributed by atoms with Crippen molar-refractivity contribution >= 4 is 12.1 Å². The van der Waals surface area contributed by atoms with Gasteiger partial charge in [0.2, 0.25) is 0 Å². The molecule has 0 aromatic heterocycles. The minimum atomic E-state index is -1.07. The maximum Gasteiger partial charge on any atom is 0.410 e. The van der Waals surface area contributed by atoms with Crippen LogP contribution in [0.3, 0.4) is 0 Å². The molecule has 0 saturated carbocycles. The first kappa shape index (κ1) is 20.5. The summed E-state index contributed by atoms with van der Waals surface area (Å²) in [5.74, 6) is -0.435. The number of carbonyl (C=O) groups excluding carboxylic acids is 1. The van der Waals surface area contributed by atoms with Crippen LogP contribution in [0.1, 0.15) is 12.0 Å². The summed E-state index contributed by atoms with van der Waals surface area (Å²) in [7, 11) is 0. The summed E-state index contributed by atoms with van der Waals surface area (Å²) in [6.45, 7) is 0.250. The van der Waals surface area contributed by atoms with Crippen LogP contribution in [0.5, 0.6) is 5.75 Å². The molecule has 0 bridgehead atoms. The number of rotatable bonds is 6. The van der Waals surface area contributed by atoms with E-state index in [1.165, 1.54) is 4.90 Å². The molecule has 6 nitrogen and oxygen atoms in total. The Labute approximate surface area is 180 Å². The van der Waals surface area contributed by atoms with Crippen LogP contribution in [0.25, 0.3) is 11.1 Å². The first-order valence-corrected chi connectivity index (χ1v) is 10.1. The smallest absolute Gasteiger partial charge is 0.410 e. The van der Waals surface area contributed by atoms with Crippen molar-refractivity contribution in [3.8, 4) is 16.9 Å². The number of hydrogen-bond acceptors (Lipinski definition) is 4. The van der Waals surface area contributed by atoms with Crippen LogP contribution in [0.2, 0.25) is 0 Å². The van der Waals surface area contributed by atoms with Gasteiger partial charge in [-0.2, -0.15) is 0 Å². The molecule has 0 unspecified atom stereocenters. The maximum absolute atomic E-state index is 12.5. The topological polar surface area (TPSA) is 76.1 Å². The molecule has 1 heterocycles. The second-order valence-corrected chi connectivity index (χ2v) is 7.41. The van der Waals surface area contributed by atoms with E-state index < -0.39 is 24.2 Å². The molecule has 1 N–H and O–H groups in total. The monoisotopic (exact) mass is 417 g/mol. The van der Waals surface area contributed by atoms with E-state index in [1.54, 1.807) is 0 Å². The van der Waals surface area contributed by atoms with Crippen molar-refractivity contribution < 1.29 is 24.2 Å². The van der Waals surface area contributed by atoms with Gasteiger partial charge in [-0.3, -0.25) is 4.90 Å². The van der Waals surface area contributed by atoms with E-state index in [1.807, 2.05) is 84.9 Å². The van der Waals surface area contributed by atoms with Crippen molar-refractivity contribution in [2.75, 3.05) is 6.54 Å². The Balaban J connectivity index is 1.38. The fraction of sp³-hybridized carbons (Fsp3) is 0.200. The van der Waals surface area contributed by atoms with Gasteiger partial charge in [0.05, 0.1) is 6.54 Å². The van der Waals surface area contributed by atoms with Gasteiger partial charge in [0.15, 0.2) is 0 Å². The Morgan fingerprint density at radius 2 is 1.48 bits per heavy atom. The summed E-state index contributed by atoms with van der Waals surface area (Å²) >= 11 is 0. The van der Waals surface area contributed by atoms with Crippen LogP contribution >= 0.6 is 0 Å². The van der Waals surface area contributed by atoms with E-state index >= 15 is 0 Å². The number of aliphatic carboxylic acids is 1.